The van der Waals surface area contributed by atoms with Gasteiger partial charge in [0.1, 0.15) is 5.56 Å². The number of primary amides is 1. The minimum absolute atomic E-state index is 0.0123. The molecule has 0 atom stereocenters. The van der Waals surface area contributed by atoms with E-state index in [0.29, 0.717) is 0 Å². The number of rotatable bonds is 2. The van der Waals surface area contributed by atoms with Gasteiger partial charge in [0.15, 0.2) is 0 Å². The van der Waals surface area contributed by atoms with Crippen molar-refractivity contribution in [2.24, 2.45) is 5.73 Å². The molecule has 0 spiro atoms. The van der Waals surface area contributed by atoms with Crippen LogP contribution >= 0.6 is 0 Å². The number of amides is 1. The van der Waals surface area contributed by atoms with Gasteiger partial charge in [0.25, 0.3) is 5.91 Å². The lowest BCUT2D eigenvalue weighted by atomic mass is 10.2. The molecule has 0 fully saturated rings. The van der Waals surface area contributed by atoms with Gasteiger partial charge in [0.05, 0.1) is 11.9 Å². The maximum absolute atomic E-state index is 11.8. The molecule has 0 saturated heterocycles. The number of hydrogen-bond acceptors (Lipinski definition) is 4. The number of hydrogen-bond donors (Lipinski definition) is 2. The first-order valence-electron chi connectivity index (χ1n) is 3.60. The highest BCUT2D eigenvalue weighted by Gasteiger charge is 2.33. The van der Waals surface area contributed by atoms with Crippen molar-refractivity contribution in [2.75, 3.05) is 5.73 Å². The van der Waals surface area contributed by atoms with Gasteiger partial charge in [-0.2, -0.15) is 0 Å². The fraction of sp³-hybridized carbons (Fsp3) is 0.143. The molecular formula is C7H6F3N3O2. The Kier molecular flexibility index (Phi) is 2.69. The maximum atomic E-state index is 11.8. The Morgan fingerprint density at radius 3 is 2.53 bits per heavy atom. The molecule has 1 aromatic rings. The van der Waals surface area contributed by atoms with E-state index < -0.39 is 23.7 Å². The topological polar surface area (TPSA) is 91.2 Å². The summed E-state index contributed by atoms with van der Waals surface area (Å²) in [6.45, 7) is 0. The number of nitrogens with two attached hydrogens (primary N) is 2. The zero-order chi connectivity index (χ0) is 11.6. The Morgan fingerprint density at radius 1 is 1.47 bits per heavy atom. The fourth-order valence-corrected chi connectivity index (χ4v) is 0.836. The maximum Gasteiger partial charge on any atom is 0.574 e. The first-order valence-corrected chi connectivity index (χ1v) is 3.60. The number of carbonyl (C=O) groups excluding carboxylic acids is 1. The third-order valence-electron chi connectivity index (χ3n) is 1.35. The summed E-state index contributed by atoms with van der Waals surface area (Å²) < 4.78 is 39.0. The van der Waals surface area contributed by atoms with Crippen molar-refractivity contribution in [2.45, 2.75) is 6.36 Å². The van der Waals surface area contributed by atoms with E-state index in [1.54, 1.807) is 0 Å². The highest BCUT2D eigenvalue weighted by molar-refractivity contribution is 5.95. The lowest BCUT2D eigenvalue weighted by Gasteiger charge is -2.10. The molecule has 0 radical (unpaired) electrons. The Morgan fingerprint density at radius 2 is 2.07 bits per heavy atom. The van der Waals surface area contributed by atoms with Crippen LogP contribution in [0, 0.1) is 0 Å². The van der Waals surface area contributed by atoms with Crippen LogP contribution in [0.5, 0.6) is 5.88 Å². The molecule has 1 aromatic heterocycles. The molecule has 8 heteroatoms. The number of halogens is 3. The quantitative estimate of drug-likeness (QED) is 0.767. The summed E-state index contributed by atoms with van der Waals surface area (Å²) >= 11 is 0. The van der Waals surface area contributed by atoms with Gasteiger partial charge in [-0.25, -0.2) is 4.98 Å². The number of aromatic nitrogens is 1. The van der Waals surface area contributed by atoms with Gasteiger partial charge in [-0.1, -0.05) is 0 Å². The molecule has 15 heavy (non-hydrogen) atoms. The van der Waals surface area contributed by atoms with E-state index >= 15 is 0 Å². The summed E-state index contributed by atoms with van der Waals surface area (Å²) in [6, 6.07) is 0.955. The Hall–Kier alpha value is -1.99. The van der Waals surface area contributed by atoms with Gasteiger partial charge < -0.3 is 16.2 Å². The normalized spacial score (nSPS) is 11.1. The van der Waals surface area contributed by atoms with Gasteiger partial charge in [0.2, 0.25) is 5.88 Å². The molecule has 0 aliphatic heterocycles. The molecule has 0 bridgehead atoms. The lowest BCUT2D eigenvalue weighted by Crippen LogP contribution is -2.22. The summed E-state index contributed by atoms with van der Waals surface area (Å²) in [7, 11) is 0. The zero-order valence-electron chi connectivity index (χ0n) is 7.21. The Bertz CT molecular complexity index is 392. The van der Waals surface area contributed by atoms with Crippen molar-refractivity contribution in [3.05, 3.63) is 17.8 Å². The second kappa shape index (κ2) is 3.64. The highest BCUT2D eigenvalue weighted by Crippen LogP contribution is 2.24. The van der Waals surface area contributed by atoms with Gasteiger partial charge in [-0.05, 0) is 6.07 Å². The molecular weight excluding hydrogens is 215 g/mol. The number of anilines is 1. The summed E-state index contributed by atoms with van der Waals surface area (Å²) in [5.74, 6) is -2.02. The molecule has 1 amide bonds. The van der Waals surface area contributed by atoms with Crippen LogP contribution in [0.15, 0.2) is 12.3 Å². The average Bonchev–Trinajstić information content (AvgIpc) is 2.05. The predicted molar refractivity (Wildman–Crippen MR) is 43.9 cm³/mol. The second-order valence-electron chi connectivity index (χ2n) is 2.53. The van der Waals surface area contributed by atoms with E-state index in [2.05, 4.69) is 9.72 Å². The number of nitrogen functional groups attached to an aromatic ring is 1. The van der Waals surface area contributed by atoms with Crippen LogP contribution in [0.1, 0.15) is 10.4 Å². The largest absolute Gasteiger partial charge is 0.574 e. The van der Waals surface area contributed by atoms with Crippen LogP contribution in [0.2, 0.25) is 0 Å². The number of nitrogens with zero attached hydrogens (tertiary/aromatic N) is 1. The van der Waals surface area contributed by atoms with Crippen LogP contribution in [-0.4, -0.2) is 17.3 Å². The number of carbonyl (C=O) groups is 1. The molecule has 0 aromatic carbocycles. The van der Waals surface area contributed by atoms with Gasteiger partial charge in [0, 0.05) is 0 Å². The molecule has 1 heterocycles. The summed E-state index contributed by atoms with van der Waals surface area (Å²) in [4.78, 5) is 14.0. The number of ether oxygens (including phenoxy) is 1. The van der Waals surface area contributed by atoms with Crippen LogP contribution in [0.25, 0.3) is 0 Å². The number of pyridine rings is 1. The smallest absolute Gasteiger partial charge is 0.397 e. The van der Waals surface area contributed by atoms with Crippen molar-refractivity contribution < 1.29 is 22.7 Å². The first-order chi connectivity index (χ1) is 6.79. The molecule has 0 unspecified atom stereocenters. The fourth-order valence-electron chi connectivity index (χ4n) is 0.836. The van der Waals surface area contributed by atoms with E-state index in [4.69, 9.17) is 11.5 Å². The van der Waals surface area contributed by atoms with Crippen molar-refractivity contribution >= 4 is 11.6 Å². The second-order valence-corrected chi connectivity index (χ2v) is 2.53. The molecule has 82 valence electrons. The minimum Gasteiger partial charge on any atom is -0.397 e. The van der Waals surface area contributed by atoms with Crippen molar-refractivity contribution in [3.8, 4) is 5.88 Å². The molecule has 5 nitrogen and oxygen atoms in total. The number of alkyl halides is 3. The van der Waals surface area contributed by atoms with E-state index in [-0.39, 0.29) is 5.69 Å². The lowest BCUT2D eigenvalue weighted by molar-refractivity contribution is -0.276. The molecule has 4 N–H and O–H groups in total. The van der Waals surface area contributed by atoms with E-state index in [0.717, 1.165) is 12.3 Å². The predicted octanol–water partition coefficient (Wildman–Crippen LogP) is 0.661. The van der Waals surface area contributed by atoms with Gasteiger partial charge in [-0.3, -0.25) is 4.79 Å². The average molecular weight is 221 g/mol. The SMILES string of the molecule is NC(=O)c1cc(N)cnc1OC(F)(F)F. The van der Waals surface area contributed by atoms with Gasteiger partial charge >= 0.3 is 6.36 Å². The van der Waals surface area contributed by atoms with Crippen LogP contribution in [0.4, 0.5) is 18.9 Å². The third-order valence-corrected chi connectivity index (χ3v) is 1.35. The summed E-state index contributed by atoms with van der Waals surface area (Å²) in [5.41, 5.74) is 9.53. The monoisotopic (exact) mass is 221 g/mol. The van der Waals surface area contributed by atoms with Crippen molar-refractivity contribution in [1.82, 2.24) is 4.98 Å². The van der Waals surface area contributed by atoms with E-state index in [1.807, 2.05) is 0 Å². The highest BCUT2D eigenvalue weighted by atomic mass is 19.4. The summed E-state index contributed by atoms with van der Waals surface area (Å²) in [6.07, 6.45) is -4.01. The third kappa shape index (κ3) is 3.01. The first kappa shape index (κ1) is 11.1. The zero-order valence-corrected chi connectivity index (χ0v) is 7.21. The van der Waals surface area contributed by atoms with Crippen LogP contribution in [0.3, 0.4) is 0 Å². The Labute approximate surface area is 81.8 Å². The van der Waals surface area contributed by atoms with Crippen LogP contribution in [-0.2, 0) is 0 Å². The van der Waals surface area contributed by atoms with E-state index in [1.165, 1.54) is 0 Å². The Balaban J connectivity index is 3.12. The van der Waals surface area contributed by atoms with Gasteiger partial charge in [-0.15, -0.1) is 13.2 Å². The molecule has 0 aliphatic rings. The van der Waals surface area contributed by atoms with Crippen molar-refractivity contribution in [3.63, 3.8) is 0 Å². The molecule has 0 saturated carbocycles. The van der Waals surface area contributed by atoms with Crippen molar-refractivity contribution in [1.29, 1.82) is 0 Å². The molecule has 0 aliphatic carbocycles. The van der Waals surface area contributed by atoms with Crippen LogP contribution < -0.4 is 16.2 Å². The molecule has 1 rings (SSSR count). The standard InChI is InChI=1S/C7H6F3N3O2/c8-7(9,10)15-6-4(5(12)14)1-3(11)2-13-6/h1-2H,11H2,(H2,12,14). The van der Waals surface area contributed by atoms with E-state index in [9.17, 15) is 18.0 Å². The summed E-state index contributed by atoms with van der Waals surface area (Å²) in [5, 5.41) is 0. The minimum atomic E-state index is -4.94.